The first kappa shape index (κ1) is 34.7. The van der Waals surface area contributed by atoms with Gasteiger partial charge in [0.05, 0.1) is 32.0 Å². The molecule has 2 saturated heterocycles. The summed E-state index contributed by atoms with van der Waals surface area (Å²) in [5.74, 6) is 0.154. The molecular weight excluding hydrogens is 671 g/mol. The van der Waals surface area contributed by atoms with Crippen molar-refractivity contribution in [2.75, 3.05) is 64.6 Å². The molecule has 13 heteroatoms. The van der Waals surface area contributed by atoms with E-state index in [1.54, 1.807) is 32.2 Å². The Kier molecular flexibility index (Phi) is 10.7. The first-order chi connectivity index (χ1) is 23.6. The summed E-state index contributed by atoms with van der Waals surface area (Å²) in [4.78, 5) is 31.5. The van der Waals surface area contributed by atoms with E-state index < -0.39 is 11.8 Å². The fourth-order valence-corrected chi connectivity index (χ4v) is 6.80. The SMILES string of the molecule is COc1cc(CN2C=CN(C[C@]3(c4ccc(Cl)cc4Cl)OC[C@H](COc4ccc(N5CCN(C(C)=O)CC5)cc4)O3)C2)ccc1OC(C)=O. The van der Waals surface area contributed by atoms with Gasteiger partial charge in [-0.15, -0.1) is 0 Å². The number of methoxy groups -OCH3 is 1. The summed E-state index contributed by atoms with van der Waals surface area (Å²) >= 11 is 13.0. The van der Waals surface area contributed by atoms with Crippen molar-refractivity contribution in [3.63, 3.8) is 0 Å². The molecule has 0 saturated carbocycles. The standard InChI is InChI=1S/C36H40Cl2N4O7/c1-25(43)41-14-16-42(17-15-41)29-6-8-30(9-7-29)46-21-31-22-47-36(49-31,32-10-5-28(37)19-33(32)38)23-40-13-12-39(24-40)20-27-4-11-34(48-26(2)44)35(18-27)45-3/h4-13,18-19,31H,14-17,20-24H2,1-3H3/t31-,36-/m0/s1. The third-order valence-electron chi connectivity index (χ3n) is 8.69. The number of carbonyl (C=O) groups excluding carboxylic acids is 2. The largest absolute Gasteiger partial charge is 0.493 e. The van der Waals surface area contributed by atoms with Crippen molar-refractivity contribution in [3.8, 4) is 17.2 Å². The zero-order valence-electron chi connectivity index (χ0n) is 27.8. The summed E-state index contributed by atoms with van der Waals surface area (Å²) in [5.41, 5.74) is 2.77. The molecule has 0 unspecified atom stereocenters. The van der Waals surface area contributed by atoms with Gasteiger partial charge in [0.15, 0.2) is 11.5 Å². The van der Waals surface area contributed by atoms with Crippen LogP contribution in [0.5, 0.6) is 17.2 Å². The average Bonchev–Trinajstić information content (AvgIpc) is 3.71. The number of amides is 1. The maximum Gasteiger partial charge on any atom is 0.308 e. The predicted octanol–water partition coefficient (Wildman–Crippen LogP) is 5.49. The molecule has 2 atom stereocenters. The van der Waals surface area contributed by atoms with E-state index in [0.717, 1.165) is 43.2 Å². The molecule has 0 spiro atoms. The molecule has 49 heavy (non-hydrogen) atoms. The molecule has 6 rings (SSSR count). The number of anilines is 1. The van der Waals surface area contributed by atoms with Crippen molar-refractivity contribution < 1.29 is 33.3 Å². The summed E-state index contributed by atoms with van der Waals surface area (Å²) in [5, 5.41) is 0.974. The van der Waals surface area contributed by atoms with Gasteiger partial charge in [-0.1, -0.05) is 35.3 Å². The fraction of sp³-hybridized carbons (Fsp3) is 0.389. The second kappa shape index (κ2) is 15.2. The van der Waals surface area contributed by atoms with Crippen molar-refractivity contribution in [3.05, 3.63) is 94.2 Å². The number of esters is 1. The highest BCUT2D eigenvalue weighted by Crippen LogP contribution is 2.41. The second-order valence-electron chi connectivity index (χ2n) is 12.2. The first-order valence-electron chi connectivity index (χ1n) is 16.1. The van der Waals surface area contributed by atoms with Gasteiger partial charge in [0.2, 0.25) is 11.7 Å². The highest BCUT2D eigenvalue weighted by Gasteiger charge is 2.46. The number of rotatable bonds is 11. The van der Waals surface area contributed by atoms with Crippen LogP contribution in [0, 0.1) is 0 Å². The molecule has 3 heterocycles. The van der Waals surface area contributed by atoms with Gasteiger partial charge in [-0.3, -0.25) is 9.59 Å². The summed E-state index contributed by atoms with van der Waals surface area (Å²) in [7, 11) is 1.54. The van der Waals surface area contributed by atoms with Crippen LogP contribution in [0.15, 0.2) is 73.1 Å². The van der Waals surface area contributed by atoms with E-state index in [-0.39, 0.29) is 18.6 Å². The Balaban J connectivity index is 1.08. The molecular formula is C36H40Cl2N4O7. The van der Waals surface area contributed by atoms with Crippen LogP contribution in [0.4, 0.5) is 5.69 Å². The normalized spacial score (nSPS) is 20.6. The minimum Gasteiger partial charge on any atom is -0.493 e. The van der Waals surface area contributed by atoms with Crippen LogP contribution in [0.1, 0.15) is 25.0 Å². The maximum absolute atomic E-state index is 11.7. The van der Waals surface area contributed by atoms with Crippen molar-refractivity contribution in [1.29, 1.82) is 0 Å². The highest BCUT2D eigenvalue weighted by molar-refractivity contribution is 6.35. The number of piperazine rings is 1. The van der Waals surface area contributed by atoms with E-state index in [2.05, 4.69) is 14.7 Å². The van der Waals surface area contributed by atoms with E-state index in [0.29, 0.717) is 53.5 Å². The summed E-state index contributed by atoms with van der Waals surface area (Å²) < 4.78 is 29.9. The van der Waals surface area contributed by atoms with Gasteiger partial charge in [0.25, 0.3) is 0 Å². The molecule has 3 aliphatic heterocycles. The van der Waals surface area contributed by atoms with Gasteiger partial charge >= 0.3 is 5.97 Å². The van der Waals surface area contributed by atoms with Crippen LogP contribution in [-0.4, -0.2) is 92.4 Å². The summed E-state index contributed by atoms with van der Waals surface area (Å²) in [6.07, 6.45) is 3.65. The second-order valence-corrected chi connectivity index (χ2v) is 13.1. The minimum absolute atomic E-state index is 0.116. The number of nitrogens with zero attached hydrogens (tertiary/aromatic N) is 4. The zero-order chi connectivity index (χ0) is 34.5. The molecule has 260 valence electrons. The monoisotopic (exact) mass is 710 g/mol. The van der Waals surface area contributed by atoms with E-state index in [1.165, 1.54) is 6.92 Å². The molecule has 1 amide bonds. The Bertz CT molecular complexity index is 1680. The lowest BCUT2D eigenvalue weighted by Crippen LogP contribution is -2.48. The number of halogens is 2. The van der Waals surface area contributed by atoms with Crippen molar-refractivity contribution >= 4 is 40.8 Å². The Morgan fingerprint density at radius 2 is 1.67 bits per heavy atom. The number of carbonyl (C=O) groups is 2. The molecule has 0 N–H and O–H groups in total. The third kappa shape index (κ3) is 8.36. The molecule has 3 aliphatic rings. The number of benzene rings is 3. The molecule has 3 aromatic rings. The Morgan fingerprint density at radius 1 is 0.918 bits per heavy atom. The van der Waals surface area contributed by atoms with E-state index in [9.17, 15) is 9.59 Å². The van der Waals surface area contributed by atoms with Gasteiger partial charge in [-0.25, -0.2) is 0 Å². The van der Waals surface area contributed by atoms with Crippen LogP contribution in [0.3, 0.4) is 0 Å². The first-order valence-corrected chi connectivity index (χ1v) is 16.9. The van der Waals surface area contributed by atoms with Gasteiger partial charge in [0, 0.05) is 75.2 Å². The van der Waals surface area contributed by atoms with Crippen molar-refractivity contribution in [2.45, 2.75) is 32.3 Å². The maximum atomic E-state index is 11.7. The van der Waals surface area contributed by atoms with E-state index in [4.69, 9.17) is 46.9 Å². The summed E-state index contributed by atoms with van der Waals surface area (Å²) in [6.45, 7) is 8.16. The lowest BCUT2D eigenvalue weighted by molar-refractivity contribution is -0.188. The average molecular weight is 712 g/mol. The highest BCUT2D eigenvalue weighted by atomic mass is 35.5. The third-order valence-corrected chi connectivity index (χ3v) is 9.24. The van der Waals surface area contributed by atoms with Crippen molar-refractivity contribution in [2.24, 2.45) is 0 Å². The summed E-state index contributed by atoms with van der Waals surface area (Å²) in [6, 6.07) is 18.8. The quantitative estimate of drug-likeness (QED) is 0.188. The Hall–Kier alpha value is -4.16. The molecule has 0 aromatic heterocycles. The van der Waals surface area contributed by atoms with E-state index in [1.807, 2.05) is 59.8 Å². The number of ether oxygens (including phenoxy) is 5. The van der Waals surface area contributed by atoms with Gasteiger partial charge < -0.3 is 43.3 Å². The smallest absolute Gasteiger partial charge is 0.308 e. The van der Waals surface area contributed by atoms with Crippen LogP contribution < -0.4 is 19.1 Å². The van der Waals surface area contributed by atoms with Crippen LogP contribution in [-0.2, 0) is 31.4 Å². The van der Waals surface area contributed by atoms with Crippen molar-refractivity contribution in [1.82, 2.24) is 14.7 Å². The number of hydrogen-bond acceptors (Lipinski definition) is 10. The lowest BCUT2D eigenvalue weighted by Gasteiger charge is -2.35. The van der Waals surface area contributed by atoms with Crippen LogP contribution in [0.25, 0.3) is 0 Å². The Labute approximate surface area is 296 Å². The molecule has 0 radical (unpaired) electrons. The minimum atomic E-state index is -1.16. The lowest BCUT2D eigenvalue weighted by atomic mass is 10.1. The number of hydrogen-bond donors (Lipinski definition) is 0. The molecule has 0 bridgehead atoms. The zero-order valence-corrected chi connectivity index (χ0v) is 29.3. The van der Waals surface area contributed by atoms with Crippen LogP contribution >= 0.6 is 23.2 Å². The van der Waals surface area contributed by atoms with Gasteiger partial charge in [-0.05, 0) is 54.1 Å². The molecule has 2 fully saturated rings. The Morgan fingerprint density at radius 3 is 2.37 bits per heavy atom. The molecule has 0 aliphatic carbocycles. The fourth-order valence-electron chi connectivity index (χ4n) is 6.25. The molecule has 11 nitrogen and oxygen atoms in total. The van der Waals surface area contributed by atoms with Crippen LogP contribution in [0.2, 0.25) is 10.0 Å². The van der Waals surface area contributed by atoms with Gasteiger partial charge in [-0.2, -0.15) is 0 Å². The molecule has 3 aromatic carbocycles. The predicted molar refractivity (Wildman–Crippen MR) is 186 cm³/mol. The topological polar surface area (TPSA) is 93.2 Å². The van der Waals surface area contributed by atoms with Gasteiger partial charge in [0.1, 0.15) is 18.5 Å². The van der Waals surface area contributed by atoms with E-state index >= 15 is 0 Å².